The van der Waals surface area contributed by atoms with Crippen molar-refractivity contribution in [2.45, 2.75) is 45.1 Å². The molecule has 0 spiro atoms. The van der Waals surface area contributed by atoms with Crippen LogP contribution in [0.3, 0.4) is 0 Å². The van der Waals surface area contributed by atoms with Gasteiger partial charge in [-0.3, -0.25) is 9.79 Å². The molecule has 0 N–H and O–H groups in total. The minimum atomic E-state index is 0.0792. The number of fused-ring (bicyclic) bond motifs is 3. The number of unbranched alkanes of at least 4 members (excludes halogenated alkanes) is 2. The summed E-state index contributed by atoms with van der Waals surface area (Å²) in [5, 5.41) is 0. The number of aromatic nitrogens is 1. The summed E-state index contributed by atoms with van der Waals surface area (Å²) in [5.41, 5.74) is 4.92. The van der Waals surface area contributed by atoms with Crippen LogP contribution in [0.25, 0.3) is 22.6 Å². The van der Waals surface area contributed by atoms with Gasteiger partial charge in [-0.2, -0.15) is 0 Å². The Labute approximate surface area is 222 Å². The Bertz CT molecular complexity index is 1440. The van der Waals surface area contributed by atoms with E-state index in [1.807, 2.05) is 78.7 Å². The first-order valence-corrected chi connectivity index (χ1v) is 13.4. The predicted octanol–water partition coefficient (Wildman–Crippen LogP) is 6.75. The number of para-hydroxylation sites is 2. The number of hydrogen-bond acceptors (Lipinski definition) is 6. The van der Waals surface area contributed by atoms with Crippen molar-refractivity contribution in [3.8, 4) is 23.0 Å². The number of hydrogen-bond donors (Lipinski definition) is 0. The van der Waals surface area contributed by atoms with Gasteiger partial charge in [0, 0.05) is 24.4 Å². The Hall–Kier alpha value is -4.13. The molecule has 6 rings (SSSR count). The highest BCUT2D eigenvalue weighted by Gasteiger charge is 2.32. The van der Waals surface area contributed by atoms with Gasteiger partial charge in [0.2, 0.25) is 5.89 Å². The fourth-order valence-electron chi connectivity index (χ4n) is 5.07. The van der Waals surface area contributed by atoms with Crippen LogP contribution in [0.4, 0.5) is 5.69 Å². The zero-order valence-electron chi connectivity index (χ0n) is 21.6. The second-order valence-corrected chi connectivity index (χ2v) is 9.89. The quantitative estimate of drug-likeness (QED) is 0.233. The molecule has 1 atom stereocenters. The molecule has 3 aromatic carbocycles. The molecule has 1 fully saturated rings. The lowest BCUT2D eigenvalue weighted by atomic mass is 10.1. The molecule has 0 saturated carbocycles. The van der Waals surface area contributed by atoms with Crippen LogP contribution in [0.1, 0.15) is 48.0 Å². The molecule has 38 heavy (non-hydrogen) atoms. The monoisotopic (exact) mass is 509 g/mol. The van der Waals surface area contributed by atoms with Crippen LogP contribution in [-0.4, -0.2) is 47.8 Å². The lowest BCUT2D eigenvalue weighted by Crippen LogP contribution is -2.35. The summed E-state index contributed by atoms with van der Waals surface area (Å²) in [5.74, 6) is 2.32. The lowest BCUT2D eigenvalue weighted by Gasteiger charge is -2.20. The molecule has 0 radical (unpaired) electrons. The number of aryl methyl sites for hydroxylation is 1. The standard InChI is InChI=1S/C31H31N3O4/c1-21-18-25-27(32-20-23-8-7-15-34(23)31(25)35)19-29(21)37-17-6-2-5-16-36-24-13-11-22(12-14-24)30-33-26-9-3-4-10-28(26)38-30/h3-4,9-14,18-20,23H,2,5-8,15-17H2,1H3/t23-/m0/s1. The molecule has 4 aromatic rings. The molecule has 1 amide bonds. The third kappa shape index (κ3) is 5.01. The third-order valence-corrected chi connectivity index (χ3v) is 7.18. The Morgan fingerprint density at radius 2 is 1.82 bits per heavy atom. The number of benzene rings is 3. The van der Waals surface area contributed by atoms with Gasteiger partial charge in [0.25, 0.3) is 5.91 Å². The number of oxazole rings is 1. The van der Waals surface area contributed by atoms with Gasteiger partial charge in [0.1, 0.15) is 17.0 Å². The van der Waals surface area contributed by atoms with Crippen LogP contribution >= 0.6 is 0 Å². The maximum absolute atomic E-state index is 12.9. The van der Waals surface area contributed by atoms with E-state index in [4.69, 9.17) is 13.9 Å². The molecule has 194 valence electrons. The van der Waals surface area contributed by atoms with Gasteiger partial charge in [-0.15, -0.1) is 0 Å². The molecule has 1 aromatic heterocycles. The Balaban J connectivity index is 0.948. The minimum Gasteiger partial charge on any atom is -0.494 e. The van der Waals surface area contributed by atoms with Crippen LogP contribution in [-0.2, 0) is 0 Å². The molecule has 2 aliphatic rings. The number of rotatable bonds is 9. The molecular weight excluding hydrogens is 478 g/mol. The summed E-state index contributed by atoms with van der Waals surface area (Å²) in [6, 6.07) is 19.6. The first kappa shape index (κ1) is 24.2. The van der Waals surface area contributed by atoms with Gasteiger partial charge in [0.15, 0.2) is 5.58 Å². The largest absolute Gasteiger partial charge is 0.494 e. The molecule has 7 heteroatoms. The Morgan fingerprint density at radius 3 is 2.66 bits per heavy atom. The highest BCUT2D eigenvalue weighted by molar-refractivity contribution is 6.03. The molecular formula is C31H31N3O4. The number of carbonyl (C=O) groups excluding carboxylic acids is 1. The van der Waals surface area contributed by atoms with Gasteiger partial charge >= 0.3 is 0 Å². The molecule has 1 saturated heterocycles. The van der Waals surface area contributed by atoms with Crippen molar-refractivity contribution < 1.29 is 18.7 Å². The Kier molecular flexibility index (Phi) is 6.82. The van der Waals surface area contributed by atoms with Crippen LogP contribution < -0.4 is 9.47 Å². The molecule has 7 nitrogen and oxygen atoms in total. The number of ether oxygens (including phenoxy) is 2. The van der Waals surface area contributed by atoms with E-state index < -0.39 is 0 Å². The van der Waals surface area contributed by atoms with Crippen molar-refractivity contribution in [1.29, 1.82) is 0 Å². The maximum atomic E-state index is 12.9. The molecule has 3 heterocycles. The zero-order chi connectivity index (χ0) is 25.9. The highest BCUT2D eigenvalue weighted by atomic mass is 16.5. The summed E-state index contributed by atoms with van der Waals surface area (Å²) >= 11 is 0. The number of carbonyl (C=O) groups is 1. The van der Waals surface area contributed by atoms with Crippen molar-refractivity contribution in [1.82, 2.24) is 9.88 Å². The van der Waals surface area contributed by atoms with Crippen molar-refractivity contribution >= 4 is 28.9 Å². The van der Waals surface area contributed by atoms with Crippen LogP contribution in [0.5, 0.6) is 11.5 Å². The summed E-state index contributed by atoms with van der Waals surface area (Å²) in [4.78, 5) is 24.0. The van der Waals surface area contributed by atoms with Crippen molar-refractivity contribution in [3.05, 3.63) is 71.8 Å². The molecule has 2 aliphatic heterocycles. The molecule has 0 aliphatic carbocycles. The predicted molar refractivity (Wildman–Crippen MR) is 148 cm³/mol. The van der Waals surface area contributed by atoms with Gasteiger partial charge in [-0.1, -0.05) is 12.1 Å². The highest BCUT2D eigenvalue weighted by Crippen LogP contribution is 2.34. The summed E-state index contributed by atoms with van der Waals surface area (Å²) in [6.45, 7) is 4.06. The molecule has 0 bridgehead atoms. The van der Waals surface area contributed by atoms with E-state index >= 15 is 0 Å². The Morgan fingerprint density at radius 1 is 1.00 bits per heavy atom. The van der Waals surface area contributed by atoms with Gasteiger partial charge in [-0.25, -0.2) is 4.98 Å². The minimum absolute atomic E-state index is 0.0792. The zero-order valence-corrected chi connectivity index (χ0v) is 21.6. The fraction of sp³-hybridized carbons (Fsp3) is 0.323. The van der Waals surface area contributed by atoms with E-state index in [1.54, 1.807) is 0 Å². The summed E-state index contributed by atoms with van der Waals surface area (Å²) in [7, 11) is 0. The van der Waals surface area contributed by atoms with E-state index in [0.717, 1.165) is 72.4 Å². The van der Waals surface area contributed by atoms with Crippen molar-refractivity contribution in [3.63, 3.8) is 0 Å². The summed E-state index contributed by atoms with van der Waals surface area (Å²) < 4.78 is 17.8. The lowest BCUT2D eigenvalue weighted by molar-refractivity contribution is 0.0774. The second kappa shape index (κ2) is 10.7. The third-order valence-electron chi connectivity index (χ3n) is 7.18. The summed E-state index contributed by atoms with van der Waals surface area (Å²) in [6.07, 6.45) is 6.80. The SMILES string of the molecule is Cc1cc2c(cc1OCCCCCOc1ccc(-c3nc4ccccc4o3)cc1)N=C[C@@H]1CCCN1C2=O. The number of aliphatic imine (C=N–C) groups is 1. The van der Waals surface area contributed by atoms with Crippen LogP contribution in [0.2, 0.25) is 0 Å². The number of amides is 1. The first-order chi connectivity index (χ1) is 18.7. The van der Waals surface area contributed by atoms with E-state index in [9.17, 15) is 4.79 Å². The van der Waals surface area contributed by atoms with Crippen LogP contribution in [0.15, 0.2) is 70.1 Å². The van der Waals surface area contributed by atoms with Gasteiger partial charge in [0.05, 0.1) is 30.5 Å². The number of nitrogens with zero attached hydrogens (tertiary/aromatic N) is 3. The van der Waals surface area contributed by atoms with E-state index in [-0.39, 0.29) is 11.9 Å². The van der Waals surface area contributed by atoms with Crippen LogP contribution in [0, 0.1) is 6.92 Å². The smallest absolute Gasteiger partial charge is 0.256 e. The maximum Gasteiger partial charge on any atom is 0.256 e. The first-order valence-electron chi connectivity index (χ1n) is 13.4. The van der Waals surface area contributed by atoms with E-state index in [0.29, 0.717) is 30.4 Å². The average Bonchev–Trinajstić information content (AvgIpc) is 3.57. The van der Waals surface area contributed by atoms with Crippen molar-refractivity contribution in [2.24, 2.45) is 4.99 Å². The van der Waals surface area contributed by atoms with E-state index in [1.165, 1.54) is 0 Å². The average molecular weight is 510 g/mol. The normalized spacial score (nSPS) is 16.4. The van der Waals surface area contributed by atoms with Crippen molar-refractivity contribution in [2.75, 3.05) is 19.8 Å². The topological polar surface area (TPSA) is 77.2 Å². The second-order valence-electron chi connectivity index (χ2n) is 9.89. The fourth-order valence-corrected chi connectivity index (χ4v) is 5.07. The molecule has 0 unspecified atom stereocenters. The van der Waals surface area contributed by atoms with E-state index in [2.05, 4.69) is 9.98 Å². The van der Waals surface area contributed by atoms with Gasteiger partial charge < -0.3 is 18.8 Å². The van der Waals surface area contributed by atoms with Gasteiger partial charge in [-0.05, 0) is 87.1 Å².